The number of amides is 1. The Morgan fingerprint density at radius 2 is 2.04 bits per heavy atom. The van der Waals surface area contributed by atoms with Gasteiger partial charge >= 0.3 is 0 Å². The van der Waals surface area contributed by atoms with Crippen molar-refractivity contribution in [1.82, 2.24) is 9.91 Å². The van der Waals surface area contributed by atoms with Crippen molar-refractivity contribution in [2.75, 3.05) is 19.9 Å². The quantitative estimate of drug-likeness (QED) is 0.611. The Morgan fingerprint density at radius 3 is 2.65 bits per heavy atom. The first kappa shape index (κ1) is 17.2. The van der Waals surface area contributed by atoms with Crippen LogP contribution in [0.4, 0.5) is 0 Å². The number of aliphatic hydroxyl groups is 2. The maximum atomic E-state index is 12.2. The van der Waals surface area contributed by atoms with Crippen molar-refractivity contribution in [1.29, 1.82) is 0 Å². The molecule has 1 heterocycles. The SMILES string of the molecule is CC(C)(C)N(CCO)N=NOCN1C(=O)c2ccccc2C1O. The molecule has 1 aliphatic heterocycles. The number of fused-ring (bicyclic) bond motifs is 1. The number of nitrogens with zero attached hydrogens (tertiary/aromatic N) is 4. The van der Waals surface area contributed by atoms with Crippen molar-refractivity contribution < 1.29 is 19.8 Å². The molecule has 23 heavy (non-hydrogen) atoms. The highest BCUT2D eigenvalue weighted by Gasteiger charge is 2.35. The first-order valence-electron chi connectivity index (χ1n) is 7.35. The first-order chi connectivity index (χ1) is 10.9. The highest BCUT2D eigenvalue weighted by Crippen LogP contribution is 2.30. The maximum absolute atomic E-state index is 12.2. The summed E-state index contributed by atoms with van der Waals surface area (Å²) in [6.07, 6.45) is -1.05. The van der Waals surface area contributed by atoms with Crippen LogP contribution in [0, 0.1) is 0 Å². The van der Waals surface area contributed by atoms with Gasteiger partial charge in [0.05, 0.1) is 18.7 Å². The van der Waals surface area contributed by atoms with E-state index in [1.807, 2.05) is 20.8 Å². The fourth-order valence-electron chi connectivity index (χ4n) is 2.25. The van der Waals surface area contributed by atoms with Gasteiger partial charge in [0.15, 0.2) is 13.0 Å². The topological polar surface area (TPSA) is 98.0 Å². The molecule has 0 spiro atoms. The molecular formula is C15H22N4O4. The molecule has 2 rings (SSSR count). The van der Waals surface area contributed by atoms with E-state index < -0.39 is 6.23 Å². The van der Waals surface area contributed by atoms with Crippen molar-refractivity contribution in [2.24, 2.45) is 10.5 Å². The standard InChI is InChI=1S/C15H22N4O4/c1-15(2,3)19(8-9-20)16-17-23-10-18-13(21)11-6-4-5-7-12(11)14(18)22/h4-7,13,20-21H,8-10H2,1-3H3. The van der Waals surface area contributed by atoms with Crippen LogP contribution in [0.1, 0.15) is 42.9 Å². The van der Waals surface area contributed by atoms with Gasteiger partial charge in [-0.15, -0.1) is 0 Å². The van der Waals surface area contributed by atoms with Gasteiger partial charge in [0.25, 0.3) is 5.91 Å². The summed E-state index contributed by atoms with van der Waals surface area (Å²) in [6, 6.07) is 6.85. The molecule has 0 radical (unpaired) electrons. The molecule has 1 unspecified atom stereocenters. The van der Waals surface area contributed by atoms with Gasteiger partial charge in [-0.25, -0.2) is 0 Å². The van der Waals surface area contributed by atoms with Crippen LogP contribution in [0.5, 0.6) is 0 Å². The van der Waals surface area contributed by atoms with E-state index in [1.165, 1.54) is 0 Å². The van der Waals surface area contributed by atoms with Gasteiger partial charge in [0.2, 0.25) is 0 Å². The predicted octanol–water partition coefficient (Wildman–Crippen LogP) is 1.48. The van der Waals surface area contributed by atoms with Crippen molar-refractivity contribution in [3.8, 4) is 0 Å². The number of β-amino-alcohol motifs (C(OH)–C–C–N with tert-alkyl or cyclic N) is 1. The third kappa shape index (κ3) is 3.77. The van der Waals surface area contributed by atoms with Crippen LogP contribution >= 0.6 is 0 Å². The molecule has 126 valence electrons. The van der Waals surface area contributed by atoms with Crippen LogP contribution in [-0.2, 0) is 4.84 Å². The molecule has 1 aliphatic rings. The number of rotatable bonds is 6. The van der Waals surface area contributed by atoms with E-state index >= 15 is 0 Å². The summed E-state index contributed by atoms with van der Waals surface area (Å²) in [6.45, 7) is 5.81. The second-order valence-corrected chi connectivity index (χ2v) is 6.18. The van der Waals surface area contributed by atoms with E-state index in [0.29, 0.717) is 17.7 Å². The molecule has 1 aromatic carbocycles. The molecular weight excluding hydrogens is 300 g/mol. The van der Waals surface area contributed by atoms with Crippen molar-refractivity contribution >= 4 is 5.91 Å². The number of aliphatic hydroxyl groups excluding tert-OH is 2. The predicted molar refractivity (Wildman–Crippen MR) is 81.9 cm³/mol. The lowest BCUT2D eigenvalue weighted by molar-refractivity contribution is -0.0574. The Balaban J connectivity index is 1.95. The molecule has 8 heteroatoms. The maximum Gasteiger partial charge on any atom is 0.259 e. The minimum atomic E-state index is -1.05. The van der Waals surface area contributed by atoms with E-state index in [1.54, 1.807) is 29.3 Å². The van der Waals surface area contributed by atoms with Crippen LogP contribution in [0.25, 0.3) is 0 Å². The summed E-state index contributed by atoms with van der Waals surface area (Å²) in [5, 5.41) is 28.2. The van der Waals surface area contributed by atoms with Crippen LogP contribution < -0.4 is 0 Å². The summed E-state index contributed by atoms with van der Waals surface area (Å²) >= 11 is 0. The van der Waals surface area contributed by atoms with E-state index in [-0.39, 0.29) is 24.8 Å². The smallest absolute Gasteiger partial charge is 0.259 e. The Labute approximate surface area is 134 Å². The lowest BCUT2D eigenvalue weighted by atomic mass is 10.1. The van der Waals surface area contributed by atoms with Crippen molar-refractivity contribution in [2.45, 2.75) is 32.5 Å². The monoisotopic (exact) mass is 322 g/mol. The number of carbonyl (C=O) groups excluding carboxylic acids is 1. The highest BCUT2D eigenvalue weighted by atomic mass is 16.7. The Morgan fingerprint density at radius 1 is 1.35 bits per heavy atom. The normalized spacial score (nSPS) is 17.7. The first-order valence-corrected chi connectivity index (χ1v) is 7.35. The number of carbonyl (C=O) groups is 1. The molecule has 8 nitrogen and oxygen atoms in total. The van der Waals surface area contributed by atoms with Gasteiger partial charge in [0, 0.05) is 16.4 Å². The van der Waals surface area contributed by atoms with Gasteiger partial charge in [-0.05, 0) is 32.1 Å². The summed E-state index contributed by atoms with van der Waals surface area (Å²) < 4.78 is 0. The third-order valence-corrected chi connectivity index (χ3v) is 3.51. The molecule has 1 aromatic rings. The lowest BCUT2D eigenvalue weighted by Crippen LogP contribution is -2.38. The van der Waals surface area contributed by atoms with Gasteiger partial charge in [-0.1, -0.05) is 18.2 Å². The number of benzene rings is 1. The third-order valence-electron chi connectivity index (χ3n) is 3.51. The summed E-state index contributed by atoms with van der Waals surface area (Å²) in [5.41, 5.74) is 0.682. The molecule has 0 fully saturated rings. The van der Waals surface area contributed by atoms with Gasteiger partial charge in [0.1, 0.15) is 0 Å². The molecule has 1 amide bonds. The van der Waals surface area contributed by atoms with Gasteiger partial charge < -0.3 is 15.1 Å². The molecule has 2 N–H and O–H groups in total. The zero-order valence-corrected chi connectivity index (χ0v) is 13.5. The average Bonchev–Trinajstić information content (AvgIpc) is 2.74. The van der Waals surface area contributed by atoms with E-state index in [9.17, 15) is 9.90 Å². The molecule has 0 aliphatic carbocycles. The van der Waals surface area contributed by atoms with Crippen molar-refractivity contribution in [3.05, 3.63) is 35.4 Å². The van der Waals surface area contributed by atoms with E-state index in [4.69, 9.17) is 9.94 Å². The largest absolute Gasteiger partial charge is 0.394 e. The van der Waals surface area contributed by atoms with Gasteiger partial charge in [-0.2, -0.15) is 0 Å². The molecule has 1 atom stereocenters. The highest BCUT2D eigenvalue weighted by molar-refractivity contribution is 5.98. The zero-order chi connectivity index (χ0) is 17.0. The zero-order valence-electron chi connectivity index (χ0n) is 13.5. The fraction of sp³-hybridized carbons (Fsp3) is 0.533. The minimum Gasteiger partial charge on any atom is -0.394 e. The molecule has 0 bridgehead atoms. The van der Waals surface area contributed by atoms with Gasteiger partial charge in [-0.3, -0.25) is 14.7 Å². The number of hydrogen-bond donors (Lipinski definition) is 2. The van der Waals surface area contributed by atoms with Crippen molar-refractivity contribution in [3.63, 3.8) is 0 Å². The van der Waals surface area contributed by atoms with E-state index in [0.717, 1.165) is 4.90 Å². The average molecular weight is 322 g/mol. The molecule has 0 saturated carbocycles. The van der Waals surface area contributed by atoms with E-state index in [2.05, 4.69) is 10.5 Å². The fourth-order valence-corrected chi connectivity index (χ4v) is 2.25. The van der Waals surface area contributed by atoms with Crippen LogP contribution in [0.3, 0.4) is 0 Å². The molecule has 0 saturated heterocycles. The number of hydrogen-bond acceptors (Lipinski definition) is 6. The Bertz CT molecular complexity index is 585. The second kappa shape index (κ2) is 6.93. The lowest BCUT2D eigenvalue weighted by Gasteiger charge is -2.30. The Hall–Kier alpha value is -2.19. The Kier molecular flexibility index (Phi) is 5.17. The summed E-state index contributed by atoms with van der Waals surface area (Å²) in [5.74, 6) is -0.314. The van der Waals surface area contributed by atoms with Crippen LogP contribution in [0.2, 0.25) is 0 Å². The van der Waals surface area contributed by atoms with Crippen LogP contribution in [0.15, 0.2) is 34.8 Å². The summed E-state index contributed by atoms with van der Waals surface area (Å²) in [4.78, 5) is 18.4. The molecule has 0 aromatic heterocycles. The second-order valence-electron chi connectivity index (χ2n) is 6.18. The minimum absolute atomic E-state index is 0.0606. The van der Waals surface area contributed by atoms with Crippen LogP contribution in [-0.4, -0.2) is 51.5 Å². The summed E-state index contributed by atoms with van der Waals surface area (Å²) in [7, 11) is 0.